The highest BCUT2D eigenvalue weighted by molar-refractivity contribution is 5.62. The summed E-state index contributed by atoms with van der Waals surface area (Å²) in [5.74, 6) is -2.68. The number of fused-ring (bicyclic) bond motifs is 3. The lowest BCUT2D eigenvalue weighted by atomic mass is 9.80. The summed E-state index contributed by atoms with van der Waals surface area (Å²) < 4.78 is 48.2. The van der Waals surface area contributed by atoms with Crippen LogP contribution in [0.15, 0.2) is 35.0 Å². The van der Waals surface area contributed by atoms with Crippen LogP contribution in [0, 0.1) is 24.4 Å². The van der Waals surface area contributed by atoms with Crippen molar-refractivity contribution in [2.45, 2.75) is 31.7 Å². The normalized spacial score (nSPS) is 18.9. The number of hydrogen-bond donors (Lipinski definition) is 1. The van der Waals surface area contributed by atoms with Gasteiger partial charge in [-0.1, -0.05) is 5.16 Å². The number of aromatic nitrogens is 4. The maximum atomic E-state index is 14.3. The summed E-state index contributed by atoms with van der Waals surface area (Å²) in [6, 6.07) is 4.69. The first-order valence-corrected chi connectivity index (χ1v) is 9.11. The van der Waals surface area contributed by atoms with Gasteiger partial charge in [0.2, 0.25) is 11.7 Å². The van der Waals surface area contributed by atoms with Gasteiger partial charge in [-0.05, 0) is 30.2 Å². The fraction of sp³-hybridized carbons (Fsp3) is 0.250. The zero-order chi connectivity index (χ0) is 20.3. The van der Waals surface area contributed by atoms with Gasteiger partial charge >= 0.3 is 0 Å². The lowest BCUT2D eigenvalue weighted by molar-refractivity contribution is 0.394. The molecule has 0 aliphatic heterocycles. The van der Waals surface area contributed by atoms with Gasteiger partial charge in [0.25, 0.3) is 0 Å². The van der Waals surface area contributed by atoms with E-state index in [0.717, 1.165) is 23.0 Å². The van der Waals surface area contributed by atoms with E-state index in [0.29, 0.717) is 36.3 Å². The number of pyridine rings is 1. The molecule has 0 amide bonds. The molecule has 0 saturated carbocycles. The Bertz CT molecular complexity index is 1250. The van der Waals surface area contributed by atoms with Gasteiger partial charge in [0, 0.05) is 48.8 Å². The second-order valence-electron chi connectivity index (χ2n) is 7.25. The predicted octanol–water partition coefficient (Wildman–Crippen LogP) is 3.32. The Morgan fingerprint density at radius 3 is 2.62 bits per heavy atom. The van der Waals surface area contributed by atoms with Crippen LogP contribution in [-0.4, -0.2) is 25.6 Å². The molecule has 0 bridgehead atoms. The summed E-state index contributed by atoms with van der Waals surface area (Å²) in [5, 5.41) is 3.91. The molecule has 1 aliphatic carbocycles. The van der Waals surface area contributed by atoms with E-state index in [2.05, 4.69) is 15.1 Å². The Kier molecular flexibility index (Phi) is 3.95. The summed E-state index contributed by atoms with van der Waals surface area (Å²) in [6.07, 6.45) is 2.62. The van der Waals surface area contributed by atoms with Gasteiger partial charge in [-0.25, -0.2) is 18.2 Å². The first-order chi connectivity index (χ1) is 13.9. The molecule has 1 aromatic carbocycles. The number of rotatable bonds is 2. The van der Waals surface area contributed by atoms with Crippen LogP contribution >= 0.6 is 0 Å². The SMILES string of the molecule is Cc1nc(-c2ccn3c4c(nc3c2)C[C@H](c2cc(F)c(F)cc2F)[C@@H](N)C4)no1. The van der Waals surface area contributed by atoms with Crippen LogP contribution in [0.2, 0.25) is 0 Å². The van der Waals surface area contributed by atoms with E-state index >= 15 is 0 Å². The van der Waals surface area contributed by atoms with Crippen molar-refractivity contribution in [3.05, 3.63) is 70.8 Å². The van der Waals surface area contributed by atoms with Crippen LogP contribution in [0.4, 0.5) is 13.2 Å². The molecule has 0 fully saturated rings. The molecule has 29 heavy (non-hydrogen) atoms. The number of nitrogens with zero attached hydrogens (tertiary/aromatic N) is 4. The first-order valence-electron chi connectivity index (χ1n) is 9.11. The van der Waals surface area contributed by atoms with Gasteiger partial charge in [0.15, 0.2) is 11.6 Å². The molecule has 2 N–H and O–H groups in total. The highest BCUT2D eigenvalue weighted by Crippen LogP contribution is 2.35. The number of aryl methyl sites for hydroxylation is 1. The number of nitrogens with two attached hydrogens (primary N) is 1. The highest BCUT2D eigenvalue weighted by Gasteiger charge is 2.33. The average molecular weight is 399 g/mol. The molecule has 0 saturated heterocycles. The molecule has 2 atom stereocenters. The van der Waals surface area contributed by atoms with Crippen LogP contribution in [0.5, 0.6) is 0 Å². The minimum atomic E-state index is -1.21. The highest BCUT2D eigenvalue weighted by atomic mass is 19.2. The van der Waals surface area contributed by atoms with E-state index in [-0.39, 0.29) is 5.56 Å². The van der Waals surface area contributed by atoms with Crippen molar-refractivity contribution in [2.24, 2.45) is 5.73 Å². The fourth-order valence-electron chi connectivity index (χ4n) is 3.97. The second-order valence-corrected chi connectivity index (χ2v) is 7.25. The third-order valence-corrected chi connectivity index (χ3v) is 5.39. The Morgan fingerprint density at radius 2 is 1.86 bits per heavy atom. The van der Waals surface area contributed by atoms with Crippen molar-refractivity contribution in [1.82, 2.24) is 19.5 Å². The lowest BCUT2D eigenvalue weighted by Gasteiger charge is -2.29. The lowest BCUT2D eigenvalue weighted by Crippen LogP contribution is -2.37. The fourth-order valence-corrected chi connectivity index (χ4v) is 3.97. The molecule has 5 rings (SSSR count). The maximum Gasteiger partial charge on any atom is 0.223 e. The third-order valence-electron chi connectivity index (χ3n) is 5.39. The smallest absolute Gasteiger partial charge is 0.223 e. The number of halogens is 3. The topological polar surface area (TPSA) is 82.2 Å². The van der Waals surface area contributed by atoms with Gasteiger partial charge in [-0.15, -0.1) is 0 Å². The molecular formula is C20H16F3N5O. The van der Waals surface area contributed by atoms with Gasteiger partial charge in [0.05, 0.1) is 5.69 Å². The van der Waals surface area contributed by atoms with Crippen LogP contribution in [0.25, 0.3) is 17.0 Å². The molecule has 4 aromatic rings. The van der Waals surface area contributed by atoms with Gasteiger partial charge in [-0.2, -0.15) is 4.98 Å². The number of hydrogen-bond acceptors (Lipinski definition) is 5. The summed E-state index contributed by atoms with van der Waals surface area (Å²) in [5.41, 5.74) is 9.47. The molecule has 0 radical (unpaired) electrons. The minimum Gasteiger partial charge on any atom is -0.339 e. The summed E-state index contributed by atoms with van der Waals surface area (Å²) in [6.45, 7) is 1.71. The van der Waals surface area contributed by atoms with Crippen LogP contribution < -0.4 is 5.73 Å². The summed E-state index contributed by atoms with van der Waals surface area (Å²) in [4.78, 5) is 8.87. The number of benzene rings is 1. The van der Waals surface area contributed by atoms with E-state index in [1.165, 1.54) is 0 Å². The zero-order valence-electron chi connectivity index (χ0n) is 15.4. The molecular weight excluding hydrogens is 383 g/mol. The average Bonchev–Trinajstić information content (AvgIpc) is 3.27. The Labute approximate surface area is 163 Å². The van der Waals surface area contributed by atoms with Crippen molar-refractivity contribution < 1.29 is 17.7 Å². The van der Waals surface area contributed by atoms with Crippen molar-refractivity contribution in [3.8, 4) is 11.4 Å². The van der Waals surface area contributed by atoms with Crippen molar-refractivity contribution in [2.75, 3.05) is 0 Å². The first kappa shape index (κ1) is 17.9. The molecule has 3 aromatic heterocycles. The van der Waals surface area contributed by atoms with Crippen molar-refractivity contribution in [1.29, 1.82) is 0 Å². The second kappa shape index (κ2) is 6.41. The van der Waals surface area contributed by atoms with E-state index < -0.39 is 29.4 Å². The Balaban J connectivity index is 1.55. The van der Waals surface area contributed by atoms with Crippen LogP contribution in [0.3, 0.4) is 0 Å². The third kappa shape index (κ3) is 2.89. The van der Waals surface area contributed by atoms with E-state index in [9.17, 15) is 13.2 Å². The van der Waals surface area contributed by atoms with Crippen molar-refractivity contribution in [3.63, 3.8) is 0 Å². The standard InChI is InChI=1S/C20H16F3N5O/c1-9-25-20(27-29-9)10-2-3-28-18-8-16(24)12(6-17(18)26-19(28)4-10)11-5-14(22)15(23)7-13(11)21/h2-5,7,12,16H,6,8,24H2,1H3/t12-,16+/m1/s1. The molecule has 0 unspecified atom stereocenters. The molecule has 9 heteroatoms. The van der Waals surface area contributed by atoms with E-state index in [1.54, 1.807) is 6.92 Å². The van der Waals surface area contributed by atoms with Gasteiger partial charge in [-0.3, -0.25) is 0 Å². The molecule has 148 valence electrons. The maximum absolute atomic E-state index is 14.3. The van der Waals surface area contributed by atoms with Gasteiger partial charge < -0.3 is 14.7 Å². The summed E-state index contributed by atoms with van der Waals surface area (Å²) >= 11 is 0. The summed E-state index contributed by atoms with van der Waals surface area (Å²) in [7, 11) is 0. The Morgan fingerprint density at radius 1 is 1.07 bits per heavy atom. The van der Waals surface area contributed by atoms with E-state index in [4.69, 9.17) is 10.3 Å². The predicted molar refractivity (Wildman–Crippen MR) is 97.7 cm³/mol. The van der Waals surface area contributed by atoms with Crippen LogP contribution in [-0.2, 0) is 12.8 Å². The quantitative estimate of drug-likeness (QED) is 0.523. The minimum absolute atomic E-state index is 0.0714. The largest absolute Gasteiger partial charge is 0.339 e. The number of imidazole rings is 1. The molecule has 1 aliphatic rings. The molecule has 0 spiro atoms. The monoisotopic (exact) mass is 399 g/mol. The van der Waals surface area contributed by atoms with Crippen molar-refractivity contribution >= 4 is 5.65 Å². The van der Waals surface area contributed by atoms with E-state index in [1.807, 2.05) is 22.7 Å². The van der Waals surface area contributed by atoms with Gasteiger partial charge in [0.1, 0.15) is 11.5 Å². The van der Waals surface area contributed by atoms with Crippen LogP contribution in [0.1, 0.15) is 28.8 Å². The Hall–Kier alpha value is -3.20. The zero-order valence-corrected chi connectivity index (χ0v) is 15.4. The molecule has 6 nitrogen and oxygen atoms in total. The molecule has 3 heterocycles.